The summed E-state index contributed by atoms with van der Waals surface area (Å²) < 4.78 is 0. The molecule has 5 nitrogen and oxygen atoms in total. The molecule has 2 fully saturated rings. The summed E-state index contributed by atoms with van der Waals surface area (Å²) in [6.45, 7) is 2.16. The number of fused-ring (bicyclic) bond motifs is 1. The molecule has 2 aliphatic rings. The minimum absolute atomic E-state index is 0.710. The highest BCUT2D eigenvalue weighted by Crippen LogP contribution is 2.36. The van der Waals surface area contributed by atoms with E-state index in [0.29, 0.717) is 5.13 Å². The summed E-state index contributed by atoms with van der Waals surface area (Å²) in [6.07, 6.45) is 8.37. The van der Waals surface area contributed by atoms with Crippen LogP contribution in [0.3, 0.4) is 0 Å². The summed E-state index contributed by atoms with van der Waals surface area (Å²) in [4.78, 5) is 2.62. The van der Waals surface area contributed by atoms with Crippen LogP contribution in [0.1, 0.15) is 43.5 Å². The Balaban J connectivity index is 1.66. The van der Waals surface area contributed by atoms with Crippen molar-refractivity contribution in [3.05, 3.63) is 5.01 Å². The number of likely N-dealkylation sites (tertiary alicyclic amines) is 1. The number of rotatable bonds is 3. The number of nitrogens with two attached hydrogens (primary N) is 1. The summed E-state index contributed by atoms with van der Waals surface area (Å²) >= 11 is 1.57. The predicted molar refractivity (Wildman–Crippen MR) is 73.1 cm³/mol. The maximum absolute atomic E-state index is 5.35. The SMILES string of the molecule is NNc1nnc(CN2CCCC3CCCCC32)s1. The van der Waals surface area contributed by atoms with E-state index in [0.717, 1.165) is 23.5 Å². The van der Waals surface area contributed by atoms with Gasteiger partial charge in [-0.2, -0.15) is 0 Å². The molecule has 0 amide bonds. The molecular formula is C12H21N5S. The Morgan fingerprint density at radius 3 is 2.89 bits per heavy atom. The van der Waals surface area contributed by atoms with Gasteiger partial charge in [0.25, 0.3) is 0 Å². The van der Waals surface area contributed by atoms with Gasteiger partial charge < -0.3 is 0 Å². The van der Waals surface area contributed by atoms with Gasteiger partial charge in [-0.25, -0.2) is 5.84 Å². The summed E-state index contributed by atoms with van der Waals surface area (Å²) in [5.41, 5.74) is 2.57. The van der Waals surface area contributed by atoms with Crippen LogP contribution in [0.2, 0.25) is 0 Å². The van der Waals surface area contributed by atoms with E-state index in [1.807, 2.05) is 0 Å². The summed E-state index contributed by atoms with van der Waals surface area (Å²) in [7, 11) is 0. The number of hydrogen-bond acceptors (Lipinski definition) is 6. The monoisotopic (exact) mass is 267 g/mol. The van der Waals surface area contributed by atoms with Gasteiger partial charge in [0.1, 0.15) is 5.01 Å². The summed E-state index contributed by atoms with van der Waals surface area (Å²) in [6, 6.07) is 0.783. The molecule has 1 aliphatic heterocycles. The fraction of sp³-hybridized carbons (Fsp3) is 0.833. The lowest BCUT2D eigenvalue weighted by Gasteiger charge is -2.43. The molecule has 1 aliphatic carbocycles. The van der Waals surface area contributed by atoms with Gasteiger partial charge in [-0.1, -0.05) is 24.2 Å². The van der Waals surface area contributed by atoms with E-state index >= 15 is 0 Å². The van der Waals surface area contributed by atoms with E-state index < -0.39 is 0 Å². The summed E-state index contributed by atoms with van der Waals surface area (Å²) in [5.74, 6) is 6.27. The highest BCUT2D eigenvalue weighted by molar-refractivity contribution is 7.15. The zero-order valence-corrected chi connectivity index (χ0v) is 11.5. The first-order valence-electron chi connectivity index (χ1n) is 6.90. The van der Waals surface area contributed by atoms with Crippen LogP contribution < -0.4 is 11.3 Å². The molecule has 2 unspecified atom stereocenters. The Kier molecular flexibility index (Phi) is 3.77. The van der Waals surface area contributed by atoms with Crippen LogP contribution in [-0.4, -0.2) is 27.7 Å². The number of aromatic nitrogens is 2. The van der Waals surface area contributed by atoms with Gasteiger partial charge in [0, 0.05) is 6.04 Å². The van der Waals surface area contributed by atoms with Crippen LogP contribution >= 0.6 is 11.3 Å². The van der Waals surface area contributed by atoms with Gasteiger partial charge in [-0.3, -0.25) is 10.3 Å². The molecule has 0 radical (unpaired) electrons. The van der Waals surface area contributed by atoms with Crippen molar-refractivity contribution in [1.82, 2.24) is 15.1 Å². The number of nitrogen functional groups attached to an aromatic ring is 1. The van der Waals surface area contributed by atoms with Crippen molar-refractivity contribution >= 4 is 16.5 Å². The molecule has 3 rings (SSSR count). The van der Waals surface area contributed by atoms with Crippen LogP contribution in [0.4, 0.5) is 5.13 Å². The zero-order valence-electron chi connectivity index (χ0n) is 10.6. The lowest BCUT2D eigenvalue weighted by Crippen LogP contribution is -2.46. The second kappa shape index (κ2) is 5.50. The smallest absolute Gasteiger partial charge is 0.219 e. The average Bonchev–Trinajstić information content (AvgIpc) is 2.87. The lowest BCUT2D eigenvalue weighted by atomic mass is 9.78. The molecule has 1 saturated heterocycles. The highest BCUT2D eigenvalue weighted by Gasteiger charge is 2.33. The van der Waals surface area contributed by atoms with Gasteiger partial charge in [0.05, 0.1) is 6.54 Å². The maximum atomic E-state index is 5.35. The maximum Gasteiger partial charge on any atom is 0.219 e. The molecular weight excluding hydrogens is 246 g/mol. The molecule has 18 heavy (non-hydrogen) atoms. The summed E-state index contributed by atoms with van der Waals surface area (Å²) in [5, 5.41) is 10.0. The average molecular weight is 267 g/mol. The van der Waals surface area contributed by atoms with E-state index in [9.17, 15) is 0 Å². The van der Waals surface area contributed by atoms with Crippen LogP contribution in [0.15, 0.2) is 0 Å². The standard InChI is InChI=1S/C12H21N5S/c13-14-12-16-15-11(18-12)8-17-7-3-5-9-4-1-2-6-10(9)17/h9-10H,1-8,13H2,(H,14,16). The quantitative estimate of drug-likeness (QED) is 0.647. The van der Waals surface area contributed by atoms with Gasteiger partial charge in [0.15, 0.2) is 0 Å². The van der Waals surface area contributed by atoms with Crippen molar-refractivity contribution in [2.24, 2.45) is 11.8 Å². The number of hydrogen-bond donors (Lipinski definition) is 2. The van der Waals surface area contributed by atoms with E-state index in [1.54, 1.807) is 11.3 Å². The fourth-order valence-corrected chi connectivity index (χ4v) is 4.15. The number of nitrogens with zero attached hydrogens (tertiary/aromatic N) is 3. The Morgan fingerprint density at radius 2 is 2.06 bits per heavy atom. The number of hydrazine groups is 1. The number of piperidine rings is 1. The van der Waals surface area contributed by atoms with E-state index in [-0.39, 0.29) is 0 Å². The molecule has 1 aromatic heterocycles. The normalized spacial score (nSPS) is 28.9. The van der Waals surface area contributed by atoms with Crippen molar-refractivity contribution < 1.29 is 0 Å². The fourth-order valence-electron chi connectivity index (χ4n) is 3.47. The van der Waals surface area contributed by atoms with Gasteiger partial charge >= 0.3 is 0 Å². The molecule has 100 valence electrons. The topological polar surface area (TPSA) is 67.1 Å². The van der Waals surface area contributed by atoms with Crippen LogP contribution in [-0.2, 0) is 6.54 Å². The van der Waals surface area contributed by atoms with Gasteiger partial charge in [0.2, 0.25) is 5.13 Å². The van der Waals surface area contributed by atoms with E-state index in [4.69, 9.17) is 5.84 Å². The first-order valence-corrected chi connectivity index (χ1v) is 7.71. The third kappa shape index (κ3) is 2.50. The van der Waals surface area contributed by atoms with Crippen LogP contribution in [0.5, 0.6) is 0 Å². The van der Waals surface area contributed by atoms with Crippen LogP contribution in [0, 0.1) is 5.92 Å². The van der Waals surface area contributed by atoms with E-state index in [1.165, 1.54) is 45.1 Å². The van der Waals surface area contributed by atoms with Gasteiger partial charge in [-0.15, -0.1) is 10.2 Å². The number of nitrogens with one attached hydrogen (secondary N) is 1. The molecule has 1 saturated carbocycles. The van der Waals surface area contributed by atoms with Crippen molar-refractivity contribution in [3.8, 4) is 0 Å². The molecule has 2 atom stereocenters. The van der Waals surface area contributed by atoms with Crippen molar-refractivity contribution in [1.29, 1.82) is 0 Å². The largest absolute Gasteiger partial charge is 0.298 e. The van der Waals surface area contributed by atoms with Crippen molar-refractivity contribution in [2.45, 2.75) is 51.1 Å². The molecule has 2 heterocycles. The first kappa shape index (κ1) is 12.3. The molecule has 3 N–H and O–H groups in total. The Labute approximate surface area is 112 Å². The number of anilines is 1. The lowest BCUT2D eigenvalue weighted by molar-refractivity contribution is 0.0545. The molecule has 6 heteroatoms. The second-order valence-electron chi connectivity index (χ2n) is 5.37. The third-order valence-electron chi connectivity index (χ3n) is 4.29. The Morgan fingerprint density at radius 1 is 1.22 bits per heavy atom. The van der Waals surface area contributed by atoms with Crippen molar-refractivity contribution in [3.63, 3.8) is 0 Å². The molecule has 0 aromatic carbocycles. The van der Waals surface area contributed by atoms with Crippen LogP contribution in [0.25, 0.3) is 0 Å². The minimum Gasteiger partial charge on any atom is -0.298 e. The van der Waals surface area contributed by atoms with Gasteiger partial charge in [-0.05, 0) is 38.1 Å². The molecule has 1 aromatic rings. The Bertz CT molecular complexity index is 392. The molecule has 0 bridgehead atoms. The molecule has 0 spiro atoms. The second-order valence-corrected chi connectivity index (χ2v) is 6.43. The highest BCUT2D eigenvalue weighted by atomic mass is 32.1. The zero-order chi connectivity index (χ0) is 12.4. The third-order valence-corrected chi connectivity index (χ3v) is 5.13. The first-order chi connectivity index (χ1) is 8.86. The van der Waals surface area contributed by atoms with Crippen molar-refractivity contribution in [2.75, 3.05) is 12.0 Å². The Hall–Kier alpha value is -0.720. The minimum atomic E-state index is 0.710. The predicted octanol–water partition coefficient (Wildman–Crippen LogP) is 1.98. The van der Waals surface area contributed by atoms with E-state index in [2.05, 4.69) is 20.5 Å².